The number of aryl methyl sites for hydroxylation is 1. The summed E-state index contributed by atoms with van der Waals surface area (Å²) in [5.74, 6) is -0.466. The van der Waals surface area contributed by atoms with Crippen LogP contribution in [0, 0.1) is 10.1 Å². The number of aromatic nitrogens is 2. The van der Waals surface area contributed by atoms with Gasteiger partial charge in [0.05, 0.1) is 23.9 Å². The number of hydrogen-bond donors (Lipinski definition) is 0. The minimum absolute atomic E-state index is 0.209. The van der Waals surface area contributed by atoms with Crippen molar-refractivity contribution < 1.29 is 9.72 Å². The minimum atomic E-state index is -0.563. The number of carbonyl (C=O) groups is 1. The zero-order valence-corrected chi connectivity index (χ0v) is 12.8. The van der Waals surface area contributed by atoms with Crippen LogP contribution in [0.15, 0.2) is 12.3 Å². The highest BCUT2D eigenvalue weighted by Gasteiger charge is 2.19. The lowest BCUT2D eigenvalue weighted by Gasteiger charge is -2.31. The van der Waals surface area contributed by atoms with Crippen LogP contribution in [-0.4, -0.2) is 50.3 Å². The Balaban J connectivity index is 2.93. The normalized spacial score (nSPS) is 11.3. The Labute approximate surface area is 123 Å². The summed E-state index contributed by atoms with van der Waals surface area (Å²) >= 11 is 0. The number of likely N-dealkylation sites (N-methyl/N-ethyl adjacent to an activating group) is 1. The third-order valence-electron chi connectivity index (χ3n) is 3.04. The molecule has 0 aliphatic heterocycles. The highest BCUT2D eigenvalue weighted by atomic mass is 16.6. The van der Waals surface area contributed by atoms with Gasteiger partial charge in [-0.1, -0.05) is 13.8 Å². The first kappa shape index (κ1) is 16.8. The third kappa shape index (κ3) is 4.12. The van der Waals surface area contributed by atoms with Crippen LogP contribution in [0.1, 0.15) is 26.3 Å². The third-order valence-corrected chi connectivity index (χ3v) is 3.04. The van der Waals surface area contributed by atoms with Gasteiger partial charge in [0.15, 0.2) is 0 Å². The monoisotopic (exact) mass is 295 g/mol. The van der Waals surface area contributed by atoms with E-state index in [9.17, 15) is 14.9 Å². The first-order chi connectivity index (χ1) is 9.94. The van der Waals surface area contributed by atoms with Gasteiger partial charge >= 0.3 is 5.82 Å². The van der Waals surface area contributed by atoms with Crippen molar-refractivity contribution in [1.82, 2.24) is 19.8 Å². The molecule has 1 heterocycles. The van der Waals surface area contributed by atoms with E-state index in [2.05, 4.69) is 5.10 Å². The minimum Gasteiger partial charge on any atom is -0.358 e. The number of hydrogen-bond acceptors (Lipinski definition) is 5. The largest absolute Gasteiger partial charge is 0.397 e. The number of rotatable bonds is 7. The summed E-state index contributed by atoms with van der Waals surface area (Å²) in [7, 11) is 1.60. The van der Waals surface area contributed by atoms with Gasteiger partial charge in [-0.3, -0.25) is 9.80 Å². The average molecular weight is 295 g/mol. The maximum Gasteiger partial charge on any atom is 0.397 e. The molecule has 1 aromatic rings. The lowest BCUT2D eigenvalue weighted by molar-refractivity contribution is -0.390. The molecule has 0 bridgehead atoms. The molecular weight excluding hydrogens is 274 g/mol. The molecule has 8 heteroatoms. The van der Waals surface area contributed by atoms with Gasteiger partial charge in [0.1, 0.15) is 0 Å². The molecule has 0 radical (unpaired) electrons. The smallest absolute Gasteiger partial charge is 0.358 e. The van der Waals surface area contributed by atoms with Crippen LogP contribution in [0.25, 0.3) is 6.08 Å². The van der Waals surface area contributed by atoms with Crippen molar-refractivity contribution in [1.29, 1.82) is 0 Å². The molecule has 0 saturated carbocycles. The first-order valence-electron chi connectivity index (χ1n) is 6.86. The van der Waals surface area contributed by atoms with Gasteiger partial charge in [-0.2, -0.15) is 4.68 Å². The van der Waals surface area contributed by atoms with Crippen molar-refractivity contribution in [2.45, 2.75) is 20.8 Å². The Morgan fingerprint density at radius 2 is 2.00 bits per heavy atom. The molecule has 0 spiro atoms. The molecule has 1 amide bonds. The van der Waals surface area contributed by atoms with Gasteiger partial charge in [0.2, 0.25) is 0 Å². The number of hydrazine groups is 1. The molecule has 0 N–H and O–H groups in total. The van der Waals surface area contributed by atoms with Crippen molar-refractivity contribution in [3.63, 3.8) is 0 Å². The summed E-state index contributed by atoms with van der Waals surface area (Å²) in [6.45, 7) is 7.80. The number of carbonyl (C=O) groups excluding carboxylic acids is 1. The Kier molecular flexibility index (Phi) is 6.04. The van der Waals surface area contributed by atoms with Crippen LogP contribution >= 0.6 is 0 Å². The summed E-state index contributed by atoms with van der Waals surface area (Å²) in [5, 5.41) is 18.1. The Hall–Kier alpha value is -2.22. The topological polar surface area (TPSA) is 84.5 Å². The van der Waals surface area contributed by atoms with Crippen LogP contribution in [0.3, 0.4) is 0 Å². The predicted molar refractivity (Wildman–Crippen MR) is 79.2 cm³/mol. The van der Waals surface area contributed by atoms with E-state index >= 15 is 0 Å². The van der Waals surface area contributed by atoms with Gasteiger partial charge in [-0.25, -0.2) is 5.01 Å². The lowest BCUT2D eigenvalue weighted by Crippen LogP contribution is -2.45. The SMILES string of the molecule is CCN(CC)N(CC)C(=O)C=Cc1cn(C)nc1[N+](=O)[O-]. The Morgan fingerprint density at radius 3 is 2.48 bits per heavy atom. The summed E-state index contributed by atoms with van der Waals surface area (Å²) in [6, 6.07) is 0. The molecule has 116 valence electrons. The molecule has 0 aromatic carbocycles. The number of amides is 1. The highest BCUT2D eigenvalue weighted by molar-refractivity contribution is 5.91. The van der Waals surface area contributed by atoms with Gasteiger partial charge in [-0.05, 0) is 17.9 Å². The molecular formula is C13H21N5O3. The number of nitrogens with zero attached hydrogens (tertiary/aromatic N) is 5. The lowest BCUT2D eigenvalue weighted by atomic mass is 10.3. The second-order valence-corrected chi connectivity index (χ2v) is 4.37. The zero-order valence-electron chi connectivity index (χ0n) is 12.8. The zero-order chi connectivity index (χ0) is 16.0. The van der Waals surface area contributed by atoms with E-state index in [1.54, 1.807) is 12.1 Å². The molecule has 0 unspecified atom stereocenters. The van der Waals surface area contributed by atoms with Crippen LogP contribution < -0.4 is 0 Å². The molecule has 8 nitrogen and oxygen atoms in total. The number of nitro groups is 1. The van der Waals surface area contributed by atoms with Crippen LogP contribution in [0.4, 0.5) is 5.82 Å². The molecule has 1 rings (SSSR count). The molecule has 0 fully saturated rings. The van der Waals surface area contributed by atoms with Crippen LogP contribution in [0.5, 0.6) is 0 Å². The molecule has 0 aliphatic carbocycles. The van der Waals surface area contributed by atoms with E-state index in [1.807, 2.05) is 25.8 Å². The van der Waals surface area contributed by atoms with Crippen LogP contribution in [-0.2, 0) is 11.8 Å². The van der Waals surface area contributed by atoms with Crippen LogP contribution in [0.2, 0.25) is 0 Å². The maximum absolute atomic E-state index is 12.2. The fourth-order valence-electron chi connectivity index (χ4n) is 2.06. The van der Waals surface area contributed by atoms with E-state index in [0.717, 1.165) is 13.1 Å². The van der Waals surface area contributed by atoms with Crippen molar-refractivity contribution >= 4 is 17.8 Å². The van der Waals surface area contributed by atoms with Gasteiger partial charge in [0.25, 0.3) is 5.91 Å². The fraction of sp³-hybridized carbons (Fsp3) is 0.538. The second kappa shape index (κ2) is 7.53. The maximum atomic E-state index is 12.2. The van der Waals surface area contributed by atoms with E-state index in [-0.39, 0.29) is 11.7 Å². The predicted octanol–water partition coefficient (Wildman–Crippen LogP) is 1.45. The van der Waals surface area contributed by atoms with Gasteiger partial charge < -0.3 is 10.1 Å². The molecule has 0 aliphatic rings. The molecule has 0 atom stereocenters. The standard InChI is InChI=1S/C13H21N5O3/c1-5-16(6-2)17(7-3)12(19)9-8-11-10-15(4)14-13(11)18(20)21/h8-10H,5-7H2,1-4H3. The molecule has 21 heavy (non-hydrogen) atoms. The Bertz CT molecular complexity index is 534. The van der Waals surface area contributed by atoms with E-state index in [4.69, 9.17) is 0 Å². The van der Waals surface area contributed by atoms with Crippen molar-refractivity contribution in [2.75, 3.05) is 19.6 Å². The Morgan fingerprint density at radius 1 is 1.38 bits per heavy atom. The summed E-state index contributed by atoms with van der Waals surface area (Å²) in [6.07, 6.45) is 4.28. The molecule has 1 aromatic heterocycles. The van der Waals surface area contributed by atoms with Gasteiger partial charge in [0, 0.05) is 25.7 Å². The van der Waals surface area contributed by atoms with E-state index in [1.165, 1.54) is 23.0 Å². The average Bonchev–Trinajstić information content (AvgIpc) is 2.83. The summed E-state index contributed by atoms with van der Waals surface area (Å²) in [4.78, 5) is 22.5. The fourth-order valence-corrected chi connectivity index (χ4v) is 2.06. The molecule has 0 saturated heterocycles. The van der Waals surface area contributed by atoms with Crippen molar-refractivity contribution in [2.24, 2.45) is 7.05 Å². The quantitative estimate of drug-likeness (QED) is 0.432. The summed E-state index contributed by atoms with van der Waals surface area (Å²) < 4.78 is 1.35. The highest BCUT2D eigenvalue weighted by Crippen LogP contribution is 2.17. The summed E-state index contributed by atoms with van der Waals surface area (Å²) in [5.41, 5.74) is 0.312. The second-order valence-electron chi connectivity index (χ2n) is 4.37. The first-order valence-corrected chi connectivity index (χ1v) is 6.86. The van der Waals surface area contributed by atoms with Crippen molar-refractivity contribution in [3.8, 4) is 0 Å². The van der Waals surface area contributed by atoms with E-state index < -0.39 is 4.92 Å². The van der Waals surface area contributed by atoms with Gasteiger partial charge in [-0.15, -0.1) is 0 Å². The van der Waals surface area contributed by atoms with E-state index in [0.29, 0.717) is 12.1 Å². The van der Waals surface area contributed by atoms with Crippen molar-refractivity contribution in [3.05, 3.63) is 28.0 Å².